The van der Waals surface area contributed by atoms with E-state index in [4.69, 9.17) is 17.3 Å². The summed E-state index contributed by atoms with van der Waals surface area (Å²) >= 11 is 6.03. The average molecular weight is 282 g/mol. The van der Waals surface area contributed by atoms with Crippen molar-refractivity contribution in [3.8, 4) is 0 Å². The Balaban J connectivity index is 2.25. The first-order valence-electron chi connectivity index (χ1n) is 7.25. The number of rotatable bonds is 4. The normalized spacial score (nSPS) is 29.2. The minimum Gasteiger partial charge on any atom is -0.388 e. The Morgan fingerprint density at radius 2 is 2.32 bits per heavy atom. The van der Waals surface area contributed by atoms with Crippen LogP contribution in [-0.2, 0) is 0 Å². The molecule has 1 fully saturated rings. The van der Waals surface area contributed by atoms with Crippen LogP contribution in [0.25, 0.3) is 0 Å². The van der Waals surface area contributed by atoms with Crippen LogP contribution in [0.2, 0.25) is 5.02 Å². The molecule has 3 heteroatoms. The van der Waals surface area contributed by atoms with E-state index in [0.717, 1.165) is 24.8 Å². The van der Waals surface area contributed by atoms with Gasteiger partial charge < -0.3 is 10.8 Å². The highest BCUT2D eigenvalue weighted by atomic mass is 35.5. The van der Waals surface area contributed by atoms with Crippen LogP contribution in [0.15, 0.2) is 24.3 Å². The van der Waals surface area contributed by atoms with Gasteiger partial charge >= 0.3 is 0 Å². The molecule has 1 aromatic rings. The van der Waals surface area contributed by atoms with E-state index in [1.807, 2.05) is 24.3 Å². The maximum atomic E-state index is 10.8. The molecule has 0 aromatic heterocycles. The minimum absolute atomic E-state index is 0.177. The van der Waals surface area contributed by atoms with Crippen molar-refractivity contribution >= 4 is 11.6 Å². The fraction of sp³-hybridized carbons (Fsp3) is 0.625. The topological polar surface area (TPSA) is 46.2 Å². The van der Waals surface area contributed by atoms with Crippen molar-refractivity contribution in [3.63, 3.8) is 0 Å². The van der Waals surface area contributed by atoms with E-state index in [-0.39, 0.29) is 5.41 Å². The summed E-state index contributed by atoms with van der Waals surface area (Å²) in [7, 11) is 0. The Morgan fingerprint density at radius 3 is 2.95 bits per heavy atom. The molecule has 0 bridgehead atoms. The van der Waals surface area contributed by atoms with Crippen molar-refractivity contribution in [3.05, 3.63) is 34.9 Å². The second-order valence-corrected chi connectivity index (χ2v) is 6.33. The van der Waals surface area contributed by atoms with E-state index in [9.17, 15) is 5.11 Å². The zero-order valence-corrected chi connectivity index (χ0v) is 12.4. The number of benzene rings is 1. The van der Waals surface area contributed by atoms with Gasteiger partial charge in [0.25, 0.3) is 0 Å². The molecule has 0 spiro atoms. The Hall–Kier alpha value is -0.570. The maximum absolute atomic E-state index is 10.8. The number of aliphatic hydroxyl groups is 1. The fourth-order valence-corrected chi connectivity index (χ4v) is 3.64. The molecule has 1 aromatic carbocycles. The lowest BCUT2D eigenvalue weighted by atomic mass is 9.64. The highest BCUT2D eigenvalue weighted by molar-refractivity contribution is 6.30. The molecule has 19 heavy (non-hydrogen) atoms. The summed E-state index contributed by atoms with van der Waals surface area (Å²) in [5.41, 5.74) is 6.76. The standard InChI is InChI=1S/C16H24ClNO/c1-2-12-5-4-8-16(10-12,11-18)15(19)13-6-3-7-14(17)9-13/h3,6-7,9,12,15,19H,2,4-5,8,10-11,18H2,1H3. The SMILES string of the molecule is CCC1CCCC(CN)(C(O)c2cccc(Cl)c2)C1. The van der Waals surface area contributed by atoms with Crippen LogP contribution >= 0.6 is 11.6 Å². The van der Waals surface area contributed by atoms with Gasteiger partial charge in [-0.3, -0.25) is 0 Å². The van der Waals surface area contributed by atoms with Crippen LogP contribution in [-0.4, -0.2) is 11.7 Å². The fourth-order valence-electron chi connectivity index (χ4n) is 3.45. The molecule has 1 aliphatic carbocycles. The van der Waals surface area contributed by atoms with Crippen LogP contribution < -0.4 is 5.73 Å². The monoisotopic (exact) mass is 281 g/mol. The number of hydrogen-bond acceptors (Lipinski definition) is 2. The van der Waals surface area contributed by atoms with Crippen molar-refractivity contribution in [1.29, 1.82) is 0 Å². The average Bonchev–Trinajstić information content (AvgIpc) is 2.46. The molecule has 0 saturated heterocycles. The molecule has 0 heterocycles. The molecule has 1 saturated carbocycles. The summed E-state index contributed by atoms with van der Waals surface area (Å²) in [5, 5.41) is 11.5. The van der Waals surface area contributed by atoms with Crippen LogP contribution in [0.3, 0.4) is 0 Å². The molecule has 3 N–H and O–H groups in total. The smallest absolute Gasteiger partial charge is 0.0858 e. The Kier molecular flexibility index (Phi) is 4.88. The van der Waals surface area contributed by atoms with E-state index in [1.165, 1.54) is 12.8 Å². The number of hydrogen-bond donors (Lipinski definition) is 2. The molecule has 3 unspecified atom stereocenters. The van der Waals surface area contributed by atoms with Crippen LogP contribution in [0.5, 0.6) is 0 Å². The van der Waals surface area contributed by atoms with Crippen molar-refractivity contribution < 1.29 is 5.11 Å². The van der Waals surface area contributed by atoms with Gasteiger partial charge in [0.1, 0.15) is 0 Å². The first kappa shape index (κ1) is 14.8. The highest BCUT2D eigenvalue weighted by Gasteiger charge is 2.41. The first-order valence-corrected chi connectivity index (χ1v) is 7.62. The molecule has 2 nitrogen and oxygen atoms in total. The van der Waals surface area contributed by atoms with Crippen LogP contribution in [0, 0.1) is 11.3 Å². The summed E-state index contributed by atoms with van der Waals surface area (Å²) in [6.45, 7) is 2.76. The van der Waals surface area contributed by atoms with Gasteiger partial charge in [0.15, 0.2) is 0 Å². The minimum atomic E-state index is -0.509. The zero-order valence-electron chi connectivity index (χ0n) is 11.6. The van der Waals surface area contributed by atoms with Crippen molar-refractivity contribution in [1.82, 2.24) is 0 Å². The van der Waals surface area contributed by atoms with Gasteiger partial charge in [-0.25, -0.2) is 0 Å². The lowest BCUT2D eigenvalue weighted by Gasteiger charge is -2.43. The predicted molar refractivity (Wildman–Crippen MR) is 80.1 cm³/mol. The van der Waals surface area contributed by atoms with E-state index < -0.39 is 6.10 Å². The van der Waals surface area contributed by atoms with Gasteiger partial charge in [-0.1, -0.05) is 49.9 Å². The summed E-state index contributed by atoms with van der Waals surface area (Å²) in [6, 6.07) is 7.54. The number of nitrogens with two attached hydrogens (primary N) is 1. The highest BCUT2D eigenvalue weighted by Crippen LogP contribution is 2.48. The molecule has 0 radical (unpaired) electrons. The molecule has 1 aliphatic rings. The van der Waals surface area contributed by atoms with E-state index >= 15 is 0 Å². The summed E-state index contributed by atoms with van der Waals surface area (Å²) in [5.74, 6) is 0.686. The largest absolute Gasteiger partial charge is 0.388 e. The zero-order chi connectivity index (χ0) is 13.9. The predicted octanol–water partition coefficient (Wildman–Crippen LogP) is 3.92. The van der Waals surface area contributed by atoms with E-state index in [0.29, 0.717) is 17.5 Å². The van der Waals surface area contributed by atoms with Crippen LogP contribution in [0.4, 0.5) is 0 Å². The second-order valence-electron chi connectivity index (χ2n) is 5.89. The molecule has 0 amide bonds. The van der Waals surface area contributed by atoms with E-state index in [1.54, 1.807) is 0 Å². The van der Waals surface area contributed by atoms with Gasteiger partial charge in [-0.2, -0.15) is 0 Å². The molecular formula is C16H24ClNO. The lowest BCUT2D eigenvalue weighted by Crippen LogP contribution is -2.41. The van der Waals surface area contributed by atoms with Crippen molar-refractivity contribution in [2.75, 3.05) is 6.54 Å². The van der Waals surface area contributed by atoms with Gasteiger partial charge in [-0.15, -0.1) is 0 Å². The van der Waals surface area contributed by atoms with Gasteiger partial charge in [0.2, 0.25) is 0 Å². The molecule has 0 aliphatic heterocycles. The number of aliphatic hydroxyl groups excluding tert-OH is 1. The van der Waals surface area contributed by atoms with Gasteiger partial charge in [0, 0.05) is 17.0 Å². The molecule has 106 valence electrons. The van der Waals surface area contributed by atoms with Crippen LogP contribution in [0.1, 0.15) is 50.7 Å². The quantitative estimate of drug-likeness (QED) is 0.879. The third-order valence-electron chi connectivity index (χ3n) is 4.71. The van der Waals surface area contributed by atoms with Crippen molar-refractivity contribution in [2.24, 2.45) is 17.1 Å². The maximum Gasteiger partial charge on any atom is 0.0858 e. The van der Waals surface area contributed by atoms with Crippen molar-refractivity contribution in [2.45, 2.75) is 45.1 Å². The summed E-state index contributed by atoms with van der Waals surface area (Å²) in [4.78, 5) is 0. The Labute approximate surface area is 121 Å². The summed E-state index contributed by atoms with van der Waals surface area (Å²) < 4.78 is 0. The second kappa shape index (κ2) is 6.25. The molecule has 2 rings (SSSR count). The third kappa shape index (κ3) is 3.13. The lowest BCUT2D eigenvalue weighted by molar-refractivity contribution is -0.0162. The van der Waals surface area contributed by atoms with Gasteiger partial charge in [-0.05, 0) is 36.5 Å². The van der Waals surface area contributed by atoms with Gasteiger partial charge in [0.05, 0.1) is 6.10 Å². The molecular weight excluding hydrogens is 258 g/mol. The molecule has 3 atom stereocenters. The summed E-state index contributed by atoms with van der Waals surface area (Å²) in [6.07, 6.45) is 5.12. The van der Waals surface area contributed by atoms with E-state index in [2.05, 4.69) is 6.92 Å². The Bertz CT molecular complexity index is 423. The Morgan fingerprint density at radius 1 is 1.53 bits per heavy atom. The third-order valence-corrected chi connectivity index (χ3v) is 4.95. The first-order chi connectivity index (χ1) is 9.11. The number of halogens is 1.